The Bertz CT molecular complexity index is 598. The minimum atomic E-state index is -0.979. The topological polar surface area (TPSA) is 74.7 Å². The maximum absolute atomic E-state index is 12.7. The third kappa shape index (κ3) is 2.04. The number of para-hydroxylation sites is 1. The third-order valence-electron chi connectivity index (χ3n) is 4.71. The van der Waals surface area contributed by atoms with Crippen molar-refractivity contribution < 1.29 is 19.5 Å². The Morgan fingerprint density at radius 1 is 1.10 bits per heavy atom. The molecule has 1 aromatic rings. The lowest BCUT2D eigenvalue weighted by Gasteiger charge is -2.32. The molecule has 1 heterocycles. The van der Waals surface area contributed by atoms with Crippen molar-refractivity contribution >= 4 is 23.5 Å². The van der Waals surface area contributed by atoms with Gasteiger partial charge in [0.25, 0.3) is 0 Å². The number of amides is 2. The summed E-state index contributed by atoms with van der Waals surface area (Å²) in [6.45, 7) is 1.93. The minimum absolute atomic E-state index is 0.0377. The molecule has 1 aliphatic heterocycles. The molecule has 110 valence electrons. The average molecular weight is 287 g/mol. The van der Waals surface area contributed by atoms with Crippen molar-refractivity contribution in [1.82, 2.24) is 0 Å². The zero-order chi connectivity index (χ0) is 15.1. The summed E-state index contributed by atoms with van der Waals surface area (Å²) in [5, 5.41) is 9.35. The van der Waals surface area contributed by atoms with Crippen LogP contribution in [0.1, 0.15) is 19.8 Å². The van der Waals surface area contributed by atoms with Crippen LogP contribution in [0.3, 0.4) is 0 Å². The fourth-order valence-corrected chi connectivity index (χ4v) is 3.64. The molecule has 1 N–H and O–H groups in total. The van der Waals surface area contributed by atoms with Gasteiger partial charge in [-0.05, 0) is 30.9 Å². The summed E-state index contributed by atoms with van der Waals surface area (Å²) in [5.41, 5.74) is 0.526. The number of rotatable bonds is 2. The van der Waals surface area contributed by atoms with E-state index in [0.29, 0.717) is 18.5 Å². The molecule has 1 saturated carbocycles. The number of carboxylic acid groups (broad SMARTS) is 1. The molecular weight excluding hydrogens is 270 g/mol. The van der Waals surface area contributed by atoms with Crippen LogP contribution in [0.15, 0.2) is 30.3 Å². The van der Waals surface area contributed by atoms with E-state index in [-0.39, 0.29) is 17.7 Å². The number of carboxylic acids is 1. The van der Waals surface area contributed by atoms with Crippen molar-refractivity contribution in [3.05, 3.63) is 30.3 Å². The van der Waals surface area contributed by atoms with Crippen LogP contribution in [0.4, 0.5) is 5.69 Å². The lowest BCUT2D eigenvalue weighted by molar-refractivity contribution is -0.149. The van der Waals surface area contributed by atoms with E-state index < -0.39 is 23.7 Å². The molecule has 0 radical (unpaired) electrons. The number of imide groups is 1. The molecule has 1 saturated heterocycles. The van der Waals surface area contributed by atoms with Crippen molar-refractivity contribution in [1.29, 1.82) is 0 Å². The Labute approximate surface area is 122 Å². The minimum Gasteiger partial charge on any atom is -0.481 e. The molecule has 5 nitrogen and oxygen atoms in total. The molecule has 3 rings (SSSR count). The molecule has 0 aromatic heterocycles. The molecule has 2 aliphatic rings. The van der Waals surface area contributed by atoms with Gasteiger partial charge < -0.3 is 5.11 Å². The number of nitrogens with zero attached hydrogens (tertiary/aromatic N) is 1. The molecule has 4 atom stereocenters. The Morgan fingerprint density at radius 3 is 2.33 bits per heavy atom. The number of carbonyl (C=O) groups excluding carboxylic acids is 2. The Balaban J connectivity index is 2.02. The van der Waals surface area contributed by atoms with Crippen LogP contribution in [0.5, 0.6) is 0 Å². The largest absolute Gasteiger partial charge is 0.481 e. The molecule has 0 bridgehead atoms. The van der Waals surface area contributed by atoms with Crippen LogP contribution in [0.25, 0.3) is 0 Å². The summed E-state index contributed by atoms with van der Waals surface area (Å²) in [4.78, 5) is 37.9. The van der Waals surface area contributed by atoms with E-state index in [1.807, 2.05) is 13.0 Å². The van der Waals surface area contributed by atoms with E-state index >= 15 is 0 Å². The van der Waals surface area contributed by atoms with E-state index in [0.717, 1.165) is 0 Å². The van der Waals surface area contributed by atoms with Gasteiger partial charge in [0.2, 0.25) is 11.8 Å². The number of aliphatic carboxylic acids is 1. The lowest BCUT2D eigenvalue weighted by atomic mass is 9.68. The lowest BCUT2D eigenvalue weighted by Crippen LogP contribution is -2.39. The monoisotopic (exact) mass is 287 g/mol. The van der Waals surface area contributed by atoms with Gasteiger partial charge >= 0.3 is 5.97 Å². The van der Waals surface area contributed by atoms with Crippen molar-refractivity contribution in [2.24, 2.45) is 23.7 Å². The molecule has 1 aliphatic carbocycles. The molecule has 2 amide bonds. The Hall–Kier alpha value is -2.17. The van der Waals surface area contributed by atoms with Crippen molar-refractivity contribution in [3.63, 3.8) is 0 Å². The number of hydrogen-bond donors (Lipinski definition) is 1. The van der Waals surface area contributed by atoms with Crippen LogP contribution in [0.2, 0.25) is 0 Å². The summed E-state index contributed by atoms with van der Waals surface area (Å²) in [6, 6.07) is 8.73. The van der Waals surface area contributed by atoms with Crippen LogP contribution in [-0.4, -0.2) is 22.9 Å². The standard InChI is InChI=1S/C16H17NO4/c1-9-7-8-11(16(20)21)13-12(9)14(18)17(15(13)19)10-5-3-2-4-6-10/h2-6,9,11-13H,7-8H2,1H3,(H,20,21)/t9-,11+,12+,13+/m0/s1. The number of benzene rings is 1. The van der Waals surface area contributed by atoms with Gasteiger partial charge in [-0.25, -0.2) is 0 Å². The van der Waals surface area contributed by atoms with Crippen LogP contribution >= 0.6 is 0 Å². The molecular formula is C16H17NO4. The van der Waals surface area contributed by atoms with Crippen LogP contribution in [-0.2, 0) is 14.4 Å². The van der Waals surface area contributed by atoms with Gasteiger partial charge in [0.15, 0.2) is 0 Å². The molecule has 2 fully saturated rings. The highest BCUT2D eigenvalue weighted by molar-refractivity contribution is 6.22. The van der Waals surface area contributed by atoms with Gasteiger partial charge in [0, 0.05) is 0 Å². The Kier molecular flexibility index (Phi) is 3.27. The van der Waals surface area contributed by atoms with Crippen molar-refractivity contribution in [3.8, 4) is 0 Å². The summed E-state index contributed by atoms with van der Waals surface area (Å²) >= 11 is 0. The second-order valence-corrected chi connectivity index (χ2v) is 5.90. The number of fused-ring (bicyclic) bond motifs is 1. The highest BCUT2D eigenvalue weighted by Gasteiger charge is 2.56. The first-order valence-electron chi connectivity index (χ1n) is 7.18. The summed E-state index contributed by atoms with van der Waals surface area (Å²) in [6.07, 6.45) is 1.12. The Morgan fingerprint density at radius 2 is 1.71 bits per heavy atom. The zero-order valence-electron chi connectivity index (χ0n) is 11.7. The van der Waals surface area contributed by atoms with Crippen molar-refractivity contribution in [2.45, 2.75) is 19.8 Å². The van der Waals surface area contributed by atoms with E-state index in [4.69, 9.17) is 0 Å². The third-order valence-corrected chi connectivity index (χ3v) is 4.71. The quantitative estimate of drug-likeness (QED) is 0.843. The predicted molar refractivity (Wildman–Crippen MR) is 75.4 cm³/mol. The van der Waals surface area contributed by atoms with Gasteiger partial charge in [-0.3, -0.25) is 19.3 Å². The van der Waals surface area contributed by atoms with Crippen LogP contribution in [0, 0.1) is 23.7 Å². The fraction of sp³-hybridized carbons (Fsp3) is 0.438. The number of anilines is 1. The van der Waals surface area contributed by atoms with Gasteiger partial charge in [-0.15, -0.1) is 0 Å². The smallest absolute Gasteiger partial charge is 0.307 e. The first kappa shape index (κ1) is 13.8. The van der Waals surface area contributed by atoms with Gasteiger partial charge in [-0.1, -0.05) is 25.1 Å². The first-order chi connectivity index (χ1) is 10.0. The summed E-state index contributed by atoms with van der Waals surface area (Å²) < 4.78 is 0. The van der Waals surface area contributed by atoms with E-state index in [2.05, 4.69) is 0 Å². The van der Waals surface area contributed by atoms with E-state index in [1.165, 1.54) is 4.90 Å². The molecule has 0 unspecified atom stereocenters. The van der Waals surface area contributed by atoms with E-state index in [1.54, 1.807) is 24.3 Å². The zero-order valence-corrected chi connectivity index (χ0v) is 11.7. The SMILES string of the molecule is C[C@H]1CC[C@@H](C(=O)O)[C@H]2C(=O)N(c3ccccc3)C(=O)[C@@H]21. The summed E-state index contributed by atoms with van der Waals surface area (Å²) in [7, 11) is 0. The fourth-order valence-electron chi connectivity index (χ4n) is 3.64. The highest BCUT2D eigenvalue weighted by atomic mass is 16.4. The second kappa shape index (κ2) is 4.98. The number of carbonyl (C=O) groups is 3. The maximum atomic E-state index is 12.7. The van der Waals surface area contributed by atoms with Gasteiger partial charge in [0.1, 0.15) is 0 Å². The highest BCUT2D eigenvalue weighted by Crippen LogP contribution is 2.46. The second-order valence-electron chi connectivity index (χ2n) is 5.90. The average Bonchev–Trinajstić information content (AvgIpc) is 2.73. The molecule has 1 aromatic carbocycles. The molecule has 21 heavy (non-hydrogen) atoms. The molecule has 5 heteroatoms. The van der Waals surface area contributed by atoms with Gasteiger partial charge in [-0.2, -0.15) is 0 Å². The maximum Gasteiger partial charge on any atom is 0.307 e. The normalized spacial score (nSPS) is 32.1. The van der Waals surface area contributed by atoms with E-state index in [9.17, 15) is 19.5 Å². The summed E-state index contributed by atoms with van der Waals surface area (Å²) in [5.74, 6) is -3.55. The number of hydrogen-bond acceptors (Lipinski definition) is 3. The first-order valence-corrected chi connectivity index (χ1v) is 7.18. The molecule has 0 spiro atoms. The van der Waals surface area contributed by atoms with Crippen molar-refractivity contribution in [2.75, 3.05) is 4.90 Å². The van der Waals surface area contributed by atoms with Crippen LogP contribution < -0.4 is 4.90 Å². The predicted octanol–water partition coefficient (Wildman–Crippen LogP) is 1.92. The van der Waals surface area contributed by atoms with Gasteiger partial charge in [0.05, 0.1) is 23.4 Å².